The van der Waals surface area contributed by atoms with Gasteiger partial charge in [-0.25, -0.2) is 4.79 Å². The van der Waals surface area contributed by atoms with Crippen molar-refractivity contribution in [2.24, 2.45) is 11.5 Å². The van der Waals surface area contributed by atoms with E-state index in [1.54, 1.807) is 0 Å². The van der Waals surface area contributed by atoms with Crippen LogP contribution in [0.5, 0.6) is 0 Å². The Labute approximate surface area is 124 Å². The first kappa shape index (κ1) is 18.9. The molecular weight excluding hydrogens is 304 g/mol. The maximum Gasteiger partial charge on any atom is 0.364 e. The minimum absolute atomic E-state index is 0.666. The first-order valence-corrected chi connectivity index (χ1v) is 6.35. The number of ketones is 1. The van der Waals surface area contributed by atoms with Crippen molar-refractivity contribution in [2.45, 2.75) is 42.2 Å². The van der Waals surface area contributed by atoms with Crippen LogP contribution >= 0.6 is 0 Å². The second-order valence-electron chi connectivity index (χ2n) is 5.15. The van der Waals surface area contributed by atoms with E-state index in [2.05, 4.69) is 0 Å². The van der Waals surface area contributed by atoms with Crippen molar-refractivity contribution in [3.8, 4) is 0 Å². The molecular formula is C11H20N2O9. The van der Waals surface area contributed by atoms with Gasteiger partial charge in [-0.2, -0.15) is 0 Å². The summed E-state index contributed by atoms with van der Waals surface area (Å²) in [5, 5.41) is 57.1. The Morgan fingerprint density at radius 2 is 1.91 bits per heavy atom. The maximum atomic E-state index is 11.9. The smallest absolute Gasteiger partial charge is 0.364 e. The Balaban J connectivity index is 3.31. The monoisotopic (exact) mass is 324 g/mol. The molecule has 11 heteroatoms. The molecule has 6 atom stereocenters. The molecule has 0 saturated carbocycles. The fourth-order valence-corrected chi connectivity index (χ4v) is 2.30. The fourth-order valence-electron chi connectivity index (χ4n) is 2.30. The molecule has 1 saturated heterocycles. The third-order valence-corrected chi connectivity index (χ3v) is 3.71. The molecule has 1 rings (SSSR count). The molecule has 128 valence electrons. The van der Waals surface area contributed by atoms with Crippen molar-refractivity contribution in [1.82, 2.24) is 0 Å². The molecule has 11 nitrogen and oxygen atoms in total. The van der Waals surface area contributed by atoms with Crippen molar-refractivity contribution >= 4 is 11.8 Å². The van der Waals surface area contributed by atoms with E-state index in [0.29, 0.717) is 0 Å². The van der Waals surface area contributed by atoms with E-state index in [1.165, 1.54) is 0 Å². The molecule has 0 radical (unpaired) electrons. The normalized spacial score (nSPS) is 38.3. The van der Waals surface area contributed by atoms with Crippen LogP contribution in [0.15, 0.2) is 0 Å². The molecule has 0 aromatic rings. The molecule has 0 aliphatic carbocycles. The summed E-state index contributed by atoms with van der Waals surface area (Å²) in [7, 11) is 0. The number of carboxylic acids is 1. The predicted octanol–water partition coefficient (Wildman–Crippen LogP) is -5.15. The summed E-state index contributed by atoms with van der Waals surface area (Å²) in [6, 6.07) is 0. The molecule has 1 fully saturated rings. The SMILES string of the molecule is NCC(=O)[C@@]1(N)[C@@H](O)CC(O)(C(=O)O)O[C@H]1[C@H](O)[C@H](O)CO. The van der Waals surface area contributed by atoms with Gasteiger partial charge in [-0.1, -0.05) is 0 Å². The Morgan fingerprint density at radius 1 is 1.36 bits per heavy atom. The number of rotatable bonds is 6. The zero-order valence-corrected chi connectivity index (χ0v) is 11.5. The number of Topliss-reactive ketones (excluding diaryl/α,β-unsaturated/α-hetero) is 1. The number of aliphatic hydroxyl groups excluding tert-OH is 4. The summed E-state index contributed by atoms with van der Waals surface area (Å²) in [5.41, 5.74) is 8.57. The molecule has 10 N–H and O–H groups in total. The van der Waals surface area contributed by atoms with Gasteiger partial charge in [0.15, 0.2) is 5.78 Å². The lowest BCUT2D eigenvalue weighted by molar-refractivity contribution is -0.303. The molecule has 0 aromatic carbocycles. The lowest BCUT2D eigenvalue weighted by Crippen LogP contribution is -2.77. The van der Waals surface area contributed by atoms with Crippen LogP contribution in [-0.4, -0.2) is 91.3 Å². The molecule has 0 bridgehead atoms. The molecule has 1 unspecified atom stereocenters. The summed E-state index contributed by atoms with van der Waals surface area (Å²) in [5.74, 6) is -5.80. The zero-order chi connectivity index (χ0) is 17.3. The summed E-state index contributed by atoms with van der Waals surface area (Å²) in [6.07, 6.45) is -8.82. The molecule has 22 heavy (non-hydrogen) atoms. The third kappa shape index (κ3) is 2.98. The topological polar surface area (TPSA) is 217 Å². The number of aliphatic hydroxyl groups is 5. The third-order valence-electron chi connectivity index (χ3n) is 3.71. The van der Waals surface area contributed by atoms with E-state index in [-0.39, 0.29) is 0 Å². The predicted molar refractivity (Wildman–Crippen MR) is 68.2 cm³/mol. The van der Waals surface area contributed by atoms with Crippen LogP contribution in [0.2, 0.25) is 0 Å². The highest BCUT2D eigenvalue weighted by Gasteiger charge is 2.62. The van der Waals surface area contributed by atoms with Crippen molar-refractivity contribution in [3.05, 3.63) is 0 Å². The average Bonchev–Trinajstić information content (AvgIpc) is 2.48. The van der Waals surface area contributed by atoms with Crippen molar-refractivity contribution < 1.29 is 45.0 Å². The van der Waals surface area contributed by atoms with Crippen LogP contribution in [0.1, 0.15) is 6.42 Å². The molecule has 1 heterocycles. The standard InChI is InChI=1S/C11H20N2O9/c12-2-6(17)11(13)5(16)1-10(21,9(19)20)22-8(11)7(18)4(15)3-14/h4-5,7-8,14-16,18,21H,1-3,12-13H2,(H,19,20)/t4-,5+,7-,8+,10?,11+/m1/s1. The van der Waals surface area contributed by atoms with Crippen molar-refractivity contribution in [3.63, 3.8) is 0 Å². The van der Waals surface area contributed by atoms with E-state index in [1.807, 2.05) is 0 Å². The van der Waals surface area contributed by atoms with Crippen LogP contribution in [0.4, 0.5) is 0 Å². The van der Waals surface area contributed by atoms with E-state index < -0.39 is 67.1 Å². The van der Waals surface area contributed by atoms with Gasteiger partial charge in [0.2, 0.25) is 0 Å². The quantitative estimate of drug-likeness (QED) is 0.231. The van der Waals surface area contributed by atoms with Gasteiger partial charge in [-0.05, 0) is 0 Å². The van der Waals surface area contributed by atoms with Gasteiger partial charge >= 0.3 is 5.97 Å². The first-order valence-electron chi connectivity index (χ1n) is 6.35. The van der Waals surface area contributed by atoms with Gasteiger partial charge in [0.1, 0.15) is 23.9 Å². The van der Waals surface area contributed by atoms with E-state index in [4.69, 9.17) is 26.4 Å². The van der Waals surface area contributed by atoms with Crippen LogP contribution in [0.3, 0.4) is 0 Å². The van der Waals surface area contributed by atoms with Gasteiger partial charge in [0.25, 0.3) is 5.79 Å². The number of hydrogen-bond acceptors (Lipinski definition) is 10. The number of carboxylic acid groups (broad SMARTS) is 1. The van der Waals surface area contributed by atoms with E-state index >= 15 is 0 Å². The second-order valence-corrected chi connectivity index (χ2v) is 5.15. The van der Waals surface area contributed by atoms with Gasteiger partial charge in [-0.3, -0.25) is 4.79 Å². The average molecular weight is 324 g/mol. The Kier molecular flexibility index (Phi) is 5.59. The maximum absolute atomic E-state index is 11.9. The summed E-state index contributed by atoms with van der Waals surface area (Å²) >= 11 is 0. The number of carbonyl (C=O) groups excluding carboxylic acids is 1. The largest absolute Gasteiger partial charge is 0.477 e. The van der Waals surface area contributed by atoms with Crippen LogP contribution in [0, 0.1) is 0 Å². The lowest BCUT2D eigenvalue weighted by Gasteiger charge is -2.49. The van der Waals surface area contributed by atoms with Crippen LogP contribution in [0.25, 0.3) is 0 Å². The van der Waals surface area contributed by atoms with Gasteiger partial charge < -0.3 is 46.8 Å². The first-order chi connectivity index (χ1) is 10.0. The molecule has 0 amide bonds. The summed E-state index contributed by atoms with van der Waals surface area (Å²) in [6.45, 7) is -1.63. The number of hydrogen-bond donors (Lipinski definition) is 8. The van der Waals surface area contributed by atoms with Gasteiger partial charge in [0.05, 0.1) is 19.3 Å². The number of carbonyl (C=O) groups is 2. The Morgan fingerprint density at radius 3 is 2.32 bits per heavy atom. The van der Waals surface area contributed by atoms with Crippen LogP contribution in [-0.2, 0) is 14.3 Å². The van der Waals surface area contributed by atoms with Crippen molar-refractivity contribution in [1.29, 1.82) is 0 Å². The minimum Gasteiger partial charge on any atom is -0.477 e. The van der Waals surface area contributed by atoms with Crippen LogP contribution < -0.4 is 11.5 Å². The fraction of sp³-hybridized carbons (Fsp3) is 0.818. The van der Waals surface area contributed by atoms with Gasteiger partial charge in [0, 0.05) is 6.42 Å². The molecule has 1 aliphatic rings. The number of ether oxygens (including phenoxy) is 1. The Hall–Kier alpha value is -1.18. The second kappa shape index (κ2) is 6.52. The summed E-state index contributed by atoms with van der Waals surface area (Å²) < 4.78 is 4.80. The minimum atomic E-state index is -2.93. The van der Waals surface area contributed by atoms with E-state index in [9.17, 15) is 30.0 Å². The Bertz CT molecular complexity index is 447. The summed E-state index contributed by atoms with van der Waals surface area (Å²) in [4.78, 5) is 23.0. The van der Waals surface area contributed by atoms with Gasteiger partial charge in [-0.15, -0.1) is 0 Å². The highest BCUT2D eigenvalue weighted by atomic mass is 16.7. The number of nitrogens with two attached hydrogens (primary N) is 2. The zero-order valence-electron chi connectivity index (χ0n) is 11.5. The highest BCUT2D eigenvalue weighted by Crippen LogP contribution is 2.36. The number of aliphatic carboxylic acids is 1. The highest BCUT2D eigenvalue weighted by molar-refractivity contribution is 5.92. The molecule has 0 spiro atoms. The molecule has 0 aromatic heterocycles. The van der Waals surface area contributed by atoms with E-state index in [0.717, 1.165) is 0 Å². The molecule has 1 aliphatic heterocycles. The lowest BCUT2D eigenvalue weighted by atomic mass is 9.74. The van der Waals surface area contributed by atoms with Crippen molar-refractivity contribution in [2.75, 3.05) is 13.2 Å².